The molecule has 0 aliphatic heterocycles. The van der Waals surface area contributed by atoms with Gasteiger partial charge in [0.2, 0.25) is 0 Å². The molecule has 0 aliphatic rings. The molecule has 0 bridgehead atoms. The number of pyridine rings is 1. The van der Waals surface area contributed by atoms with Gasteiger partial charge in [-0.2, -0.15) is 5.26 Å². The van der Waals surface area contributed by atoms with E-state index in [4.69, 9.17) is 16.7 Å². The van der Waals surface area contributed by atoms with Gasteiger partial charge in [0.25, 0.3) is 5.91 Å². The number of hydrogen-bond donors (Lipinski definition) is 2. The van der Waals surface area contributed by atoms with Gasteiger partial charge in [0, 0.05) is 0 Å². The van der Waals surface area contributed by atoms with E-state index < -0.39 is 35.0 Å². The number of nitriles is 1. The molecule has 0 aliphatic carbocycles. The van der Waals surface area contributed by atoms with E-state index in [2.05, 4.69) is 9.72 Å². The fourth-order valence-electron chi connectivity index (χ4n) is 1.07. The standard InChI is InChI=1S/C8H5F3N4O2/c9-8(10,11)17-4-2-15-6(13)5(7(14)16)3(4)1-12/h2H,(H2,13,15)(H2,14,16). The van der Waals surface area contributed by atoms with Gasteiger partial charge in [-0.15, -0.1) is 13.2 Å². The van der Waals surface area contributed by atoms with Crippen molar-refractivity contribution in [2.75, 3.05) is 5.73 Å². The third kappa shape index (κ3) is 2.75. The van der Waals surface area contributed by atoms with Crippen LogP contribution >= 0.6 is 0 Å². The highest BCUT2D eigenvalue weighted by Crippen LogP contribution is 2.29. The summed E-state index contributed by atoms with van der Waals surface area (Å²) in [4.78, 5) is 14.2. The number of hydrogen-bond acceptors (Lipinski definition) is 5. The highest BCUT2D eigenvalue weighted by atomic mass is 19.4. The first-order valence-electron chi connectivity index (χ1n) is 4.00. The normalized spacial score (nSPS) is 10.7. The monoisotopic (exact) mass is 246 g/mol. The highest BCUT2D eigenvalue weighted by Gasteiger charge is 2.33. The number of carbonyl (C=O) groups excluding carboxylic acids is 1. The molecule has 0 aromatic carbocycles. The third-order valence-electron chi connectivity index (χ3n) is 1.66. The molecule has 1 heterocycles. The average molecular weight is 246 g/mol. The molecule has 0 fully saturated rings. The van der Waals surface area contributed by atoms with Crippen molar-refractivity contribution >= 4 is 11.7 Å². The van der Waals surface area contributed by atoms with Crippen LogP contribution in [0.25, 0.3) is 0 Å². The van der Waals surface area contributed by atoms with E-state index in [0.717, 1.165) is 0 Å². The molecule has 0 radical (unpaired) electrons. The van der Waals surface area contributed by atoms with Crippen LogP contribution in [0.3, 0.4) is 0 Å². The fourth-order valence-corrected chi connectivity index (χ4v) is 1.07. The van der Waals surface area contributed by atoms with Gasteiger partial charge < -0.3 is 16.2 Å². The Morgan fingerprint density at radius 1 is 1.53 bits per heavy atom. The third-order valence-corrected chi connectivity index (χ3v) is 1.66. The number of nitrogens with two attached hydrogens (primary N) is 2. The number of primary amides is 1. The molecule has 1 aromatic rings. The molecule has 17 heavy (non-hydrogen) atoms. The van der Waals surface area contributed by atoms with E-state index >= 15 is 0 Å². The predicted octanol–water partition coefficient (Wildman–Crippen LogP) is 0.533. The number of nitrogen functional groups attached to an aromatic ring is 1. The predicted molar refractivity (Wildman–Crippen MR) is 48.6 cm³/mol. The van der Waals surface area contributed by atoms with E-state index in [0.29, 0.717) is 6.20 Å². The molecule has 90 valence electrons. The second-order valence-electron chi connectivity index (χ2n) is 2.78. The van der Waals surface area contributed by atoms with Crippen molar-refractivity contribution in [1.29, 1.82) is 5.26 Å². The van der Waals surface area contributed by atoms with Crippen molar-refractivity contribution in [1.82, 2.24) is 4.98 Å². The second-order valence-corrected chi connectivity index (χ2v) is 2.78. The topological polar surface area (TPSA) is 115 Å². The Hall–Kier alpha value is -2.50. The number of halogens is 3. The zero-order valence-electron chi connectivity index (χ0n) is 8.08. The summed E-state index contributed by atoms with van der Waals surface area (Å²) in [6.07, 6.45) is -4.42. The number of carbonyl (C=O) groups is 1. The van der Waals surface area contributed by atoms with Gasteiger partial charge in [0.15, 0.2) is 5.75 Å². The molecule has 9 heteroatoms. The first-order chi connectivity index (χ1) is 7.76. The Morgan fingerprint density at radius 3 is 2.53 bits per heavy atom. The fraction of sp³-hybridized carbons (Fsp3) is 0.125. The van der Waals surface area contributed by atoms with Gasteiger partial charge in [-0.3, -0.25) is 4.79 Å². The summed E-state index contributed by atoms with van der Waals surface area (Å²) in [6, 6.07) is 1.36. The van der Waals surface area contributed by atoms with Crippen molar-refractivity contribution in [2.24, 2.45) is 5.73 Å². The number of alkyl halides is 3. The van der Waals surface area contributed by atoms with Crippen LogP contribution in [0.2, 0.25) is 0 Å². The van der Waals surface area contributed by atoms with E-state index in [1.165, 1.54) is 6.07 Å². The van der Waals surface area contributed by atoms with Gasteiger partial charge in [-0.25, -0.2) is 4.98 Å². The zero-order chi connectivity index (χ0) is 13.2. The maximum Gasteiger partial charge on any atom is 0.573 e. The Morgan fingerprint density at radius 2 is 2.12 bits per heavy atom. The minimum Gasteiger partial charge on any atom is -0.403 e. The van der Waals surface area contributed by atoms with Crippen LogP contribution in [0.4, 0.5) is 19.0 Å². The number of ether oxygens (including phenoxy) is 1. The lowest BCUT2D eigenvalue weighted by molar-refractivity contribution is -0.274. The van der Waals surface area contributed by atoms with Crippen molar-refractivity contribution in [3.63, 3.8) is 0 Å². The smallest absolute Gasteiger partial charge is 0.403 e. The van der Waals surface area contributed by atoms with E-state index in [9.17, 15) is 18.0 Å². The molecular formula is C8H5F3N4O2. The van der Waals surface area contributed by atoms with E-state index in [-0.39, 0.29) is 0 Å². The van der Waals surface area contributed by atoms with Gasteiger partial charge in [0.1, 0.15) is 23.0 Å². The Kier molecular flexibility index (Phi) is 3.08. The quantitative estimate of drug-likeness (QED) is 0.789. The van der Waals surface area contributed by atoms with Gasteiger partial charge in [-0.05, 0) is 0 Å². The molecule has 6 nitrogen and oxygen atoms in total. The molecule has 0 saturated heterocycles. The summed E-state index contributed by atoms with van der Waals surface area (Å²) in [5, 5.41) is 8.68. The summed E-state index contributed by atoms with van der Waals surface area (Å²) in [6.45, 7) is 0. The number of aromatic nitrogens is 1. The summed E-state index contributed by atoms with van der Waals surface area (Å²) < 4.78 is 39.5. The van der Waals surface area contributed by atoms with Crippen LogP contribution < -0.4 is 16.2 Å². The largest absolute Gasteiger partial charge is 0.573 e. The summed E-state index contributed by atoms with van der Waals surface area (Å²) in [5.74, 6) is -2.54. The van der Waals surface area contributed by atoms with Crippen molar-refractivity contribution in [3.8, 4) is 11.8 Å². The van der Waals surface area contributed by atoms with Crippen molar-refractivity contribution in [2.45, 2.75) is 6.36 Å². The Labute approximate surface area is 92.6 Å². The molecule has 1 rings (SSSR count). The lowest BCUT2D eigenvalue weighted by Gasteiger charge is -2.12. The molecule has 1 aromatic heterocycles. The van der Waals surface area contributed by atoms with E-state index in [1.807, 2.05) is 0 Å². The first-order valence-corrected chi connectivity index (χ1v) is 4.00. The van der Waals surface area contributed by atoms with Gasteiger partial charge >= 0.3 is 6.36 Å². The number of rotatable bonds is 2. The summed E-state index contributed by atoms with van der Waals surface area (Å²) in [5.41, 5.74) is 8.80. The molecule has 4 N–H and O–H groups in total. The average Bonchev–Trinajstić information content (AvgIpc) is 2.17. The Balaban J connectivity index is 3.40. The van der Waals surface area contributed by atoms with Crippen molar-refractivity contribution in [3.05, 3.63) is 17.3 Å². The minimum atomic E-state index is -5.02. The molecule has 0 saturated carbocycles. The van der Waals surface area contributed by atoms with Gasteiger partial charge in [-0.1, -0.05) is 0 Å². The van der Waals surface area contributed by atoms with Gasteiger partial charge in [0.05, 0.1) is 6.20 Å². The molecular weight excluding hydrogens is 241 g/mol. The molecule has 1 amide bonds. The number of amides is 1. The lowest BCUT2D eigenvalue weighted by Crippen LogP contribution is -2.21. The maximum absolute atomic E-state index is 12.0. The van der Waals surface area contributed by atoms with Crippen LogP contribution in [-0.2, 0) is 0 Å². The van der Waals surface area contributed by atoms with Crippen LogP contribution in [0.5, 0.6) is 5.75 Å². The maximum atomic E-state index is 12.0. The van der Waals surface area contributed by atoms with Crippen LogP contribution in [-0.4, -0.2) is 17.3 Å². The van der Waals surface area contributed by atoms with Crippen molar-refractivity contribution < 1.29 is 22.7 Å². The molecule has 0 atom stereocenters. The molecule has 0 spiro atoms. The minimum absolute atomic E-state index is 0.441. The van der Waals surface area contributed by atoms with Crippen LogP contribution in [0, 0.1) is 11.3 Å². The molecule has 0 unspecified atom stereocenters. The lowest BCUT2D eigenvalue weighted by atomic mass is 10.1. The SMILES string of the molecule is N#Cc1c(OC(F)(F)F)cnc(N)c1C(N)=O. The highest BCUT2D eigenvalue weighted by molar-refractivity contribution is 6.00. The summed E-state index contributed by atoms with van der Waals surface area (Å²) in [7, 11) is 0. The zero-order valence-corrected chi connectivity index (χ0v) is 8.08. The Bertz CT molecular complexity index is 507. The summed E-state index contributed by atoms with van der Waals surface area (Å²) >= 11 is 0. The van der Waals surface area contributed by atoms with Crippen LogP contribution in [0.1, 0.15) is 15.9 Å². The number of anilines is 1. The first kappa shape index (κ1) is 12.6. The number of nitrogens with zero attached hydrogens (tertiary/aromatic N) is 2. The van der Waals surface area contributed by atoms with E-state index in [1.54, 1.807) is 0 Å². The van der Waals surface area contributed by atoms with Crippen LogP contribution in [0.15, 0.2) is 6.20 Å². The second kappa shape index (κ2) is 4.17.